The molecule has 0 bridgehead atoms. The fraction of sp³-hybridized carbons (Fsp3) is 0.188. The molecule has 1 atom stereocenters. The van der Waals surface area contributed by atoms with Gasteiger partial charge in [0.1, 0.15) is 0 Å². The van der Waals surface area contributed by atoms with Crippen LogP contribution in [0, 0.1) is 6.92 Å². The van der Waals surface area contributed by atoms with Crippen LogP contribution in [0.4, 0.5) is 0 Å². The molecular formula is C16H17N2+. The monoisotopic (exact) mass is 237 g/mol. The summed E-state index contributed by atoms with van der Waals surface area (Å²) in [5.74, 6) is 0. The molecule has 1 aromatic carbocycles. The van der Waals surface area contributed by atoms with Crippen molar-refractivity contribution in [2.24, 2.45) is 0 Å². The molecule has 0 fully saturated rings. The summed E-state index contributed by atoms with van der Waals surface area (Å²) >= 11 is 0. The van der Waals surface area contributed by atoms with Crippen molar-refractivity contribution < 1.29 is 4.57 Å². The van der Waals surface area contributed by atoms with Crippen molar-refractivity contribution in [2.45, 2.75) is 19.9 Å². The molecule has 2 aromatic heterocycles. The predicted molar refractivity (Wildman–Crippen MR) is 73.5 cm³/mol. The van der Waals surface area contributed by atoms with E-state index in [2.05, 4.69) is 78.4 Å². The third kappa shape index (κ3) is 1.80. The SMILES string of the molecule is Cc1c[nH]c2cc[n+](C(C)c3ccccc3)cc12. The van der Waals surface area contributed by atoms with Crippen molar-refractivity contribution in [3.8, 4) is 0 Å². The topological polar surface area (TPSA) is 19.7 Å². The summed E-state index contributed by atoms with van der Waals surface area (Å²) in [5.41, 5.74) is 3.82. The number of nitrogens with zero attached hydrogens (tertiary/aromatic N) is 1. The normalized spacial score (nSPS) is 12.8. The number of hydrogen-bond acceptors (Lipinski definition) is 0. The van der Waals surface area contributed by atoms with E-state index in [1.54, 1.807) is 0 Å². The predicted octanol–water partition coefficient (Wildman–Crippen LogP) is 3.37. The van der Waals surface area contributed by atoms with Crippen LogP contribution in [0.5, 0.6) is 0 Å². The fourth-order valence-electron chi connectivity index (χ4n) is 2.36. The van der Waals surface area contributed by atoms with E-state index < -0.39 is 0 Å². The number of aromatic nitrogens is 2. The van der Waals surface area contributed by atoms with E-state index >= 15 is 0 Å². The number of fused-ring (bicyclic) bond motifs is 1. The molecule has 3 aromatic rings. The second-order valence-corrected chi connectivity index (χ2v) is 4.78. The molecule has 0 amide bonds. The lowest BCUT2D eigenvalue weighted by Gasteiger charge is -2.07. The molecule has 0 radical (unpaired) electrons. The molecule has 0 spiro atoms. The van der Waals surface area contributed by atoms with Crippen LogP contribution in [-0.2, 0) is 0 Å². The van der Waals surface area contributed by atoms with Gasteiger partial charge in [-0.3, -0.25) is 0 Å². The summed E-state index contributed by atoms with van der Waals surface area (Å²) in [7, 11) is 0. The van der Waals surface area contributed by atoms with Crippen LogP contribution in [0.15, 0.2) is 55.0 Å². The zero-order valence-corrected chi connectivity index (χ0v) is 10.7. The van der Waals surface area contributed by atoms with Crippen LogP contribution in [0.1, 0.15) is 24.1 Å². The van der Waals surface area contributed by atoms with Gasteiger partial charge in [-0.25, -0.2) is 0 Å². The van der Waals surface area contributed by atoms with Crippen molar-refractivity contribution in [2.75, 3.05) is 0 Å². The molecule has 1 N–H and O–H groups in total. The number of aromatic amines is 1. The molecule has 18 heavy (non-hydrogen) atoms. The van der Waals surface area contributed by atoms with Gasteiger partial charge in [0, 0.05) is 24.8 Å². The van der Waals surface area contributed by atoms with E-state index in [0.29, 0.717) is 6.04 Å². The molecule has 1 unspecified atom stereocenters. The molecule has 0 aliphatic carbocycles. The van der Waals surface area contributed by atoms with Crippen LogP contribution in [0.2, 0.25) is 0 Å². The quantitative estimate of drug-likeness (QED) is 0.659. The number of aryl methyl sites for hydroxylation is 1. The Balaban J connectivity index is 2.06. The fourth-order valence-corrected chi connectivity index (χ4v) is 2.36. The number of hydrogen-bond donors (Lipinski definition) is 1. The van der Waals surface area contributed by atoms with Gasteiger partial charge in [-0.05, 0) is 12.5 Å². The van der Waals surface area contributed by atoms with Crippen molar-refractivity contribution in [1.82, 2.24) is 4.98 Å². The Labute approximate surface area is 107 Å². The van der Waals surface area contributed by atoms with Crippen LogP contribution >= 0.6 is 0 Å². The van der Waals surface area contributed by atoms with Gasteiger partial charge in [-0.1, -0.05) is 30.3 Å². The Morgan fingerprint density at radius 2 is 1.89 bits per heavy atom. The van der Waals surface area contributed by atoms with Gasteiger partial charge < -0.3 is 4.98 Å². The van der Waals surface area contributed by atoms with Gasteiger partial charge in [0.15, 0.2) is 18.4 Å². The van der Waals surface area contributed by atoms with E-state index in [1.165, 1.54) is 22.0 Å². The molecule has 90 valence electrons. The summed E-state index contributed by atoms with van der Waals surface area (Å²) in [4.78, 5) is 3.28. The van der Waals surface area contributed by atoms with Crippen LogP contribution in [0.3, 0.4) is 0 Å². The van der Waals surface area contributed by atoms with Crippen LogP contribution in [0.25, 0.3) is 10.9 Å². The maximum absolute atomic E-state index is 3.28. The molecule has 3 rings (SSSR count). The van der Waals surface area contributed by atoms with Crippen molar-refractivity contribution >= 4 is 10.9 Å². The lowest BCUT2D eigenvalue weighted by molar-refractivity contribution is -0.709. The Morgan fingerprint density at radius 3 is 2.67 bits per heavy atom. The average molecular weight is 237 g/mol. The van der Waals surface area contributed by atoms with Crippen LogP contribution in [-0.4, -0.2) is 4.98 Å². The van der Waals surface area contributed by atoms with Gasteiger partial charge in [0.2, 0.25) is 0 Å². The first-order valence-electron chi connectivity index (χ1n) is 6.29. The van der Waals surface area contributed by atoms with E-state index in [0.717, 1.165) is 0 Å². The molecule has 2 heterocycles. The van der Waals surface area contributed by atoms with E-state index in [-0.39, 0.29) is 0 Å². The number of benzene rings is 1. The molecule has 0 saturated heterocycles. The van der Waals surface area contributed by atoms with Gasteiger partial charge in [-0.2, -0.15) is 4.57 Å². The van der Waals surface area contributed by atoms with E-state index in [4.69, 9.17) is 0 Å². The van der Waals surface area contributed by atoms with Gasteiger partial charge in [-0.15, -0.1) is 0 Å². The summed E-state index contributed by atoms with van der Waals surface area (Å²) in [5, 5.41) is 1.29. The van der Waals surface area contributed by atoms with Gasteiger partial charge >= 0.3 is 0 Å². The number of pyridine rings is 1. The first-order valence-corrected chi connectivity index (χ1v) is 6.29. The third-order valence-electron chi connectivity index (χ3n) is 3.58. The van der Waals surface area contributed by atoms with Crippen molar-refractivity contribution in [3.63, 3.8) is 0 Å². The second-order valence-electron chi connectivity index (χ2n) is 4.78. The van der Waals surface area contributed by atoms with Crippen LogP contribution < -0.4 is 4.57 Å². The largest absolute Gasteiger partial charge is 0.361 e. The average Bonchev–Trinajstić information content (AvgIpc) is 2.80. The number of rotatable bonds is 2. The lowest BCUT2D eigenvalue weighted by Crippen LogP contribution is -2.37. The summed E-state index contributed by atoms with van der Waals surface area (Å²) in [6, 6.07) is 13.1. The minimum absolute atomic E-state index is 0.352. The first kappa shape index (κ1) is 11.0. The van der Waals surface area contributed by atoms with Crippen molar-refractivity contribution in [1.29, 1.82) is 0 Å². The summed E-state index contributed by atoms with van der Waals surface area (Å²) in [6.07, 6.45) is 6.41. The lowest BCUT2D eigenvalue weighted by atomic mass is 10.1. The zero-order chi connectivity index (χ0) is 12.5. The minimum Gasteiger partial charge on any atom is -0.361 e. The second kappa shape index (κ2) is 4.30. The summed E-state index contributed by atoms with van der Waals surface area (Å²) < 4.78 is 2.26. The Hall–Kier alpha value is -2.09. The molecule has 2 heteroatoms. The van der Waals surface area contributed by atoms with Gasteiger partial charge in [0.25, 0.3) is 0 Å². The third-order valence-corrected chi connectivity index (χ3v) is 3.58. The number of H-pyrrole nitrogens is 1. The molecule has 0 aliphatic rings. The number of nitrogens with one attached hydrogen (secondary N) is 1. The highest BCUT2D eigenvalue weighted by Crippen LogP contribution is 2.17. The smallest absolute Gasteiger partial charge is 0.180 e. The van der Waals surface area contributed by atoms with E-state index in [1.807, 2.05) is 0 Å². The Bertz CT molecular complexity index is 668. The highest BCUT2D eigenvalue weighted by atomic mass is 15.0. The maximum atomic E-state index is 3.28. The molecule has 0 aliphatic heterocycles. The zero-order valence-electron chi connectivity index (χ0n) is 10.7. The first-order chi connectivity index (χ1) is 8.75. The Morgan fingerprint density at radius 1 is 1.11 bits per heavy atom. The highest BCUT2D eigenvalue weighted by Gasteiger charge is 2.15. The van der Waals surface area contributed by atoms with E-state index in [9.17, 15) is 0 Å². The molecular weight excluding hydrogens is 220 g/mol. The minimum atomic E-state index is 0.352. The maximum Gasteiger partial charge on any atom is 0.180 e. The standard InChI is InChI=1S/C16H16N2/c1-12-10-17-16-8-9-18(11-15(12)16)13(2)14-6-4-3-5-7-14/h3-11,13H,1-2H3/p+1. The highest BCUT2D eigenvalue weighted by molar-refractivity contribution is 5.80. The molecule has 0 saturated carbocycles. The Kier molecular flexibility index (Phi) is 2.63. The van der Waals surface area contributed by atoms with Gasteiger partial charge in [0.05, 0.1) is 10.9 Å². The molecule has 2 nitrogen and oxygen atoms in total. The van der Waals surface area contributed by atoms with Crippen molar-refractivity contribution in [3.05, 3.63) is 66.1 Å². The summed E-state index contributed by atoms with van der Waals surface area (Å²) in [6.45, 7) is 4.36.